The van der Waals surface area contributed by atoms with Crippen LogP contribution in [0.15, 0.2) is 52.9 Å². The normalized spacial score (nSPS) is 10.9. The first-order valence-corrected chi connectivity index (χ1v) is 7.97. The summed E-state index contributed by atoms with van der Waals surface area (Å²) in [6.45, 7) is 1.21. The van der Waals surface area contributed by atoms with E-state index in [2.05, 4.69) is 15.1 Å². The quantitative estimate of drug-likeness (QED) is 0.657. The van der Waals surface area contributed by atoms with Crippen molar-refractivity contribution in [3.05, 3.63) is 60.0 Å². The van der Waals surface area contributed by atoms with Crippen LogP contribution in [0.4, 0.5) is 0 Å². The van der Waals surface area contributed by atoms with Crippen LogP contribution in [0.5, 0.6) is 11.5 Å². The monoisotopic (exact) mass is 339 g/mol. The molecule has 6 heteroatoms. The first kappa shape index (κ1) is 17.0. The van der Waals surface area contributed by atoms with Gasteiger partial charge in [-0.2, -0.15) is 0 Å². The molecule has 1 heterocycles. The highest BCUT2D eigenvalue weighted by Gasteiger charge is 2.14. The van der Waals surface area contributed by atoms with Crippen LogP contribution in [-0.4, -0.2) is 36.4 Å². The maximum absolute atomic E-state index is 5.76. The Balaban J connectivity index is 1.69. The molecule has 0 aliphatic rings. The molecular formula is C19H21N3O3. The standard InChI is InChI=1S/C19H21N3O3/c1-22(12-15-10-7-11-16(23-2)18(15)24-3)13-17-20-21-19(25-17)14-8-5-4-6-9-14/h4-11H,12-13H2,1-3H3. The van der Waals surface area contributed by atoms with E-state index in [-0.39, 0.29) is 0 Å². The topological polar surface area (TPSA) is 60.6 Å². The number of methoxy groups -OCH3 is 2. The SMILES string of the molecule is COc1cccc(CN(C)Cc2nnc(-c3ccccc3)o2)c1OC. The fraction of sp³-hybridized carbons (Fsp3) is 0.263. The van der Waals surface area contributed by atoms with Crippen LogP contribution in [-0.2, 0) is 13.1 Å². The Morgan fingerprint density at radius 2 is 1.72 bits per heavy atom. The van der Waals surface area contributed by atoms with Gasteiger partial charge in [-0.1, -0.05) is 30.3 Å². The third kappa shape index (κ3) is 3.97. The number of ether oxygens (including phenoxy) is 2. The van der Waals surface area contributed by atoms with Gasteiger partial charge in [0.25, 0.3) is 0 Å². The molecule has 0 aliphatic carbocycles. The van der Waals surface area contributed by atoms with E-state index in [0.717, 1.165) is 22.6 Å². The first-order chi connectivity index (χ1) is 12.2. The van der Waals surface area contributed by atoms with Crippen LogP contribution in [0, 0.1) is 0 Å². The Hall–Kier alpha value is -2.86. The van der Waals surface area contributed by atoms with E-state index in [0.29, 0.717) is 24.9 Å². The molecule has 3 rings (SSSR count). The average molecular weight is 339 g/mol. The van der Waals surface area contributed by atoms with Crippen molar-refractivity contribution >= 4 is 0 Å². The van der Waals surface area contributed by atoms with Crippen molar-refractivity contribution in [3.8, 4) is 23.0 Å². The molecule has 0 fully saturated rings. The summed E-state index contributed by atoms with van der Waals surface area (Å²) in [4.78, 5) is 2.08. The van der Waals surface area contributed by atoms with E-state index in [1.807, 2.05) is 55.6 Å². The number of hydrogen-bond acceptors (Lipinski definition) is 6. The molecule has 25 heavy (non-hydrogen) atoms. The highest BCUT2D eigenvalue weighted by Crippen LogP contribution is 2.31. The third-order valence-electron chi connectivity index (χ3n) is 3.82. The Labute approximate surface area is 147 Å². The summed E-state index contributed by atoms with van der Waals surface area (Å²) < 4.78 is 16.6. The summed E-state index contributed by atoms with van der Waals surface area (Å²) in [7, 11) is 5.27. The van der Waals surface area contributed by atoms with Crippen molar-refractivity contribution in [2.45, 2.75) is 13.1 Å². The van der Waals surface area contributed by atoms with E-state index in [1.54, 1.807) is 14.2 Å². The van der Waals surface area contributed by atoms with Gasteiger partial charge in [0, 0.05) is 17.7 Å². The number of nitrogens with zero attached hydrogens (tertiary/aromatic N) is 3. The van der Waals surface area contributed by atoms with Crippen molar-refractivity contribution in [1.29, 1.82) is 0 Å². The summed E-state index contributed by atoms with van der Waals surface area (Å²) in [5.41, 5.74) is 1.95. The number of hydrogen-bond donors (Lipinski definition) is 0. The minimum atomic E-state index is 0.531. The second-order valence-corrected chi connectivity index (χ2v) is 5.69. The zero-order valence-corrected chi connectivity index (χ0v) is 14.6. The van der Waals surface area contributed by atoms with Gasteiger partial charge >= 0.3 is 0 Å². The lowest BCUT2D eigenvalue weighted by Crippen LogP contribution is -2.18. The minimum absolute atomic E-state index is 0.531. The third-order valence-corrected chi connectivity index (χ3v) is 3.82. The zero-order chi connectivity index (χ0) is 17.6. The predicted octanol–water partition coefficient (Wildman–Crippen LogP) is 3.39. The highest BCUT2D eigenvalue weighted by atomic mass is 16.5. The van der Waals surface area contributed by atoms with Gasteiger partial charge in [0.05, 0.1) is 20.8 Å². The lowest BCUT2D eigenvalue weighted by atomic mass is 10.1. The Morgan fingerprint density at radius 1 is 0.920 bits per heavy atom. The van der Waals surface area contributed by atoms with E-state index in [4.69, 9.17) is 13.9 Å². The fourth-order valence-electron chi connectivity index (χ4n) is 2.67. The molecule has 0 saturated heterocycles. The van der Waals surface area contributed by atoms with Crippen LogP contribution in [0.25, 0.3) is 11.5 Å². The first-order valence-electron chi connectivity index (χ1n) is 7.97. The van der Waals surface area contributed by atoms with E-state index >= 15 is 0 Å². The fourth-order valence-corrected chi connectivity index (χ4v) is 2.67. The Kier molecular flexibility index (Phi) is 5.30. The molecule has 6 nitrogen and oxygen atoms in total. The van der Waals surface area contributed by atoms with Crippen LogP contribution in [0.1, 0.15) is 11.5 Å². The van der Waals surface area contributed by atoms with E-state index in [1.165, 1.54) is 0 Å². The Morgan fingerprint density at radius 3 is 2.44 bits per heavy atom. The van der Waals surface area contributed by atoms with E-state index < -0.39 is 0 Å². The maximum Gasteiger partial charge on any atom is 0.247 e. The van der Waals surface area contributed by atoms with Gasteiger partial charge in [-0.15, -0.1) is 10.2 Å². The molecule has 0 aliphatic heterocycles. The van der Waals surface area contributed by atoms with Gasteiger partial charge in [0.15, 0.2) is 11.5 Å². The van der Waals surface area contributed by atoms with Gasteiger partial charge in [-0.05, 0) is 25.2 Å². The van der Waals surface area contributed by atoms with Crippen molar-refractivity contribution in [2.75, 3.05) is 21.3 Å². The van der Waals surface area contributed by atoms with Gasteiger partial charge < -0.3 is 13.9 Å². The maximum atomic E-state index is 5.76. The van der Waals surface area contributed by atoms with Crippen LogP contribution in [0.2, 0.25) is 0 Å². The molecule has 0 bridgehead atoms. The average Bonchev–Trinajstić information content (AvgIpc) is 3.10. The van der Waals surface area contributed by atoms with E-state index in [9.17, 15) is 0 Å². The second kappa shape index (κ2) is 7.81. The minimum Gasteiger partial charge on any atom is -0.493 e. The van der Waals surface area contributed by atoms with Crippen molar-refractivity contribution in [2.24, 2.45) is 0 Å². The van der Waals surface area contributed by atoms with Crippen molar-refractivity contribution < 1.29 is 13.9 Å². The Bertz CT molecular complexity index is 818. The van der Waals surface area contributed by atoms with Crippen LogP contribution >= 0.6 is 0 Å². The van der Waals surface area contributed by atoms with Gasteiger partial charge in [-0.3, -0.25) is 4.90 Å². The molecule has 1 aromatic heterocycles. The van der Waals surface area contributed by atoms with Gasteiger partial charge in [0.2, 0.25) is 11.8 Å². The molecular weight excluding hydrogens is 318 g/mol. The number of benzene rings is 2. The van der Waals surface area contributed by atoms with Crippen molar-refractivity contribution in [3.63, 3.8) is 0 Å². The van der Waals surface area contributed by atoms with Gasteiger partial charge in [-0.25, -0.2) is 0 Å². The molecule has 0 N–H and O–H groups in total. The summed E-state index contributed by atoms with van der Waals surface area (Å²) in [6, 6.07) is 15.6. The highest BCUT2D eigenvalue weighted by molar-refractivity contribution is 5.51. The largest absolute Gasteiger partial charge is 0.493 e. The van der Waals surface area contributed by atoms with Crippen molar-refractivity contribution in [1.82, 2.24) is 15.1 Å². The smallest absolute Gasteiger partial charge is 0.247 e. The molecule has 0 spiro atoms. The zero-order valence-electron chi connectivity index (χ0n) is 14.6. The number of rotatable bonds is 7. The molecule has 0 radical (unpaired) electrons. The molecule has 0 unspecified atom stereocenters. The molecule has 130 valence electrons. The molecule has 0 saturated carbocycles. The van der Waals surface area contributed by atoms with Crippen LogP contribution in [0.3, 0.4) is 0 Å². The molecule has 3 aromatic rings. The molecule has 2 aromatic carbocycles. The number of para-hydroxylation sites is 1. The second-order valence-electron chi connectivity index (χ2n) is 5.69. The lowest BCUT2D eigenvalue weighted by molar-refractivity contribution is 0.275. The van der Waals surface area contributed by atoms with Crippen LogP contribution < -0.4 is 9.47 Å². The summed E-state index contributed by atoms with van der Waals surface area (Å²) in [5, 5.41) is 8.26. The van der Waals surface area contributed by atoms with Gasteiger partial charge in [0.1, 0.15) is 0 Å². The lowest BCUT2D eigenvalue weighted by Gasteiger charge is -2.18. The molecule has 0 atom stereocenters. The summed E-state index contributed by atoms with van der Waals surface area (Å²) in [6.07, 6.45) is 0. The number of aromatic nitrogens is 2. The summed E-state index contributed by atoms with van der Waals surface area (Å²) >= 11 is 0. The molecule has 0 amide bonds. The summed E-state index contributed by atoms with van der Waals surface area (Å²) in [5.74, 6) is 2.57. The predicted molar refractivity (Wildman–Crippen MR) is 94.5 cm³/mol.